The summed E-state index contributed by atoms with van der Waals surface area (Å²) in [5, 5.41) is 10.2. The van der Waals surface area contributed by atoms with Gasteiger partial charge in [0.05, 0.1) is 0 Å². The second-order valence-electron chi connectivity index (χ2n) is 4.43. The van der Waals surface area contributed by atoms with Crippen LogP contribution >= 0.6 is 0 Å². The molecule has 92 valence electrons. The SMILES string of the molecule is OC(c1ccccc1F)C1Cc2ccccc2O1. The lowest BCUT2D eigenvalue weighted by atomic mass is 10.00. The molecule has 18 heavy (non-hydrogen) atoms. The van der Waals surface area contributed by atoms with E-state index in [1.54, 1.807) is 18.2 Å². The third kappa shape index (κ3) is 1.87. The highest BCUT2D eigenvalue weighted by molar-refractivity contribution is 5.38. The van der Waals surface area contributed by atoms with Crippen LogP contribution in [0.5, 0.6) is 5.75 Å². The second kappa shape index (κ2) is 4.42. The van der Waals surface area contributed by atoms with E-state index in [0.29, 0.717) is 6.42 Å². The first-order valence-corrected chi connectivity index (χ1v) is 5.93. The van der Waals surface area contributed by atoms with Crippen molar-refractivity contribution in [3.8, 4) is 5.75 Å². The largest absolute Gasteiger partial charge is 0.487 e. The Hall–Kier alpha value is -1.87. The van der Waals surface area contributed by atoms with Crippen molar-refractivity contribution in [1.29, 1.82) is 0 Å². The summed E-state index contributed by atoms with van der Waals surface area (Å²) >= 11 is 0. The van der Waals surface area contributed by atoms with Gasteiger partial charge in [0.15, 0.2) is 0 Å². The van der Waals surface area contributed by atoms with E-state index in [1.807, 2.05) is 24.3 Å². The molecule has 1 heterocycles. The number of para-hydroxylation sites is 1. The van der Waals surface area contributed by atoms with Crippen LogP contribution in [0.2, 0.25) is 0 Å². The van der Waals surface area contributed by atoms with E-state index in [4.69, 9.17) is 4.74 Å². The normalized spacial score (nSPS) is 19.1. The summed E-state index contributed by atoms with van der Waals surface area (Å²) in [6.45, 7) is 0. The highest BCUT2D eigenvalue weighted by Crippen LogP contribution is 2.34. The summed E-state index contributed by atoms with van der Waals surface area (Å²) in [5.74, 6) is 0.377. The number of aliphatic hydroxyl groups is 1. The number of ether oxygens (including phenoxy) is 1. The van der Waals surface area contributed by atoms with E-state index in [-0.39, 0.29) is 5.56 Å². The maximum Gasteiger partial charge on any atom is 0.133 e. The lowest BCUT2D eigenvalue weighted by Gasteiger charge is -2.18. The van der Waals surface area contributed by atoms with Crippen LogP contribution in [0, 0.1) is 5.82 Å². The van der Waals surface area contributed by atoms with Gasteiger partial charge in [-0.2, -0.15) is 0 Å². The molecule has 0 saturated carbocycles. The van der Waals surface area contributed by atoms with E-state index in [2.05, 4.69) is 0 Å². The summed E-state index contributed by atoms with van der Waals surface area (Å²) in [5.41, 5.74) is 1.34. The lowest BCUT2D eigenvalue weighted by Crippen LogP contribution is -2.23. The Labute approximate surface area is 105 Å². The predicted molar refractivity (Wildman–Crippen MR) is 65.9 cm³/mol. The average Bonchev–Trinajstić information content (AvgIpc) is 2.82. The molecule has 3 heteroatoms. The summed E-state index contributed by atoms with van der Waals surface area (Å²) in [6, 6.07) is 13.9. The van der Waals surface area contributed by atoms with E-state index in [0.717, 1.165) is 11.3 Å². The number of halogens is 1. The molecule has 0 spiro atoms. The zero-order valence-corrected chi connectivity index (χ0v) is 9.71. The molecule has 0 saturated heterocycles. The molecule has 2 aromatic rings. The Kier molecular flexibility index (Phi) is 2.76. The molecule has 0 bridgehead atoms. The minimum Gasteiger partial charge on any atom is -0.487 e. The van der Waals surface area contributed by atoms with Crippen molar-refractivity contribution in [1.82, 2.24) is 0 Å². The molecule has 1 aliphatic rings. The number of aliphatic hydroxyl groups excluding tert-OH is 1. The zero-order valence-electron chi connectivity index (χ0n) is 9.71. The van der Waals surface area contributed by atoms with Crippen molar-refractivity contribution in [3.63, 3.8) is 0 Å². The van der Waals surface area contributed by atoms with Crippen LogP contribution < -0.4 is 4.74 Å². The Bertz CT molecular complexity index is 543. The molecular weight excluding hydrogens is 231 g/mol. The number of hydrogen-bond acceptors (Lipinski definition) is 2. The van der Waals surface area contributed by atoms with Crippen molar-refractivity contribution in [2.75, 3.05) is 0 Å². The van der Waals surface area contributed by atoms with Gasteiger partial charge in [-0.25, -0.2) is 4.39 Å². The summed E-state index contributed by atoms with van der Waals surface area (Å²) in [4.78, 5) is 0. The average molecular weight is 244 g/mol. The molecule has 1 N–H and O–H groups in total. The van der Waals surface area contributed by atoms with Gasteiger partial charge in [-0.1, -0.05) is 36.4 Å². The van der Waals surface area contributed by atoms with Crippen LogP contribution in [0.15, 0.2) is 48.5 Å². The maximum absolute atomic E-state index is 13.6. The van der Waals surface area contributed by atoms with Crippen LogP contribution in [0.4, 0.5) is 4.39 Å². The lowest BCUT2D eigenvalue weighted by molar-refractivity contribution is 0.0467. The Morgan fingerprint density at radius 3 is 2.61 bits per heavy atom. The Morgan fingerprint density at radius 2 is 1.83 bits per heavy atom. The Morgan fingerprint density at radius 1 is 1.11 bits per heavy atom. The monoisotopic (exact) mass is 244 g/mol. The van der Waals surface area contributed by atoms with Gasteiger partial charge < -0.3 is 9.84 Å². The molecule has 0 aromatic heterocycles. The maximum atomic E-state index is 13.6. The van der Waals surface area contributed by atoms with Gasteiger partial charge in [0, 0.05) is 12.0 Å². The molecule has 0 aliphatic carbocycles. The van der Waals surface area contributed by atoms with Crippen molar-refractivity contribution in [2.45, 2.75) is 18.6 Å². The first kappa shape index (κ1) is 11.2. The molecule has 2 unspecified atom stereocenters. The molecule has 0 amide bonds. The molecular formula is C15H13FO2. The fourth-order valence-electron chi connectivity index (χ4n) is 2.30. The van der Waals surface area contributed by atoms with Crippen LogP contribution in [0.3, 0.4) is 0 Å². The van der Waals surface area contributed by atoms with E-state index in [9.17, 15) is 9.50 Å². The van der Waals surface area contributed by atoms with E-state index >= 15 is 0 Å². The van der Waals surface area contributed by atoms with Crippen LogP contribution in [-0.2, 0) is 6.42 Å². The predicted octanol–water partition coefficient (Wildman–Crippen LogP) is 2.86. The second-order valence-corrected chi connectivity index (χ2v) is 4.43. The van der Waals surface area contributed by atoms with Crippen molar-refractivity contribution in [2.24, 2.45) is 0 Å². The standard InChI is InChI=1S/C15H13FO2/c16-12-7-3-2-6-11(12)15(17)14-9-10-5-1-4-8-13(10)18-14/h1-8,14-15,17H,9H2. The summed E-state index contributed by atoms with van der Waals surface area (Å²) < 4.78 is 19.3. The fourth-order valence-corrected chi connectivity index (χ4v) is 2.30. The minimum atomic E-state index is -0.946. The van der Waals surface area contributed by atoms with Gasteiger partial charge in [-0.05, 0) is 17.7 Å². The molecule has 0 radical (unpaired) electrons. The topological polar surface area (TPSA) is 29.5 Å². The number of benzene rings is 2. The summed E-state index contributed by atoms with van der Waals surface area (Å²) in [7, 11) is 0. The first-order chi connectivity index (χ1) is 8.75. The van der Waals surface area contributed by atoms with Gasteiger partial charge in [-0.3, -0.25) is 0 Å². The zero-order chi connectivity index (χ0) is 12.5. The van der Waals surface area contributed by atoms with Crippen molar-refractivity contribution >= 4 is 0 Å². The quantitative estimate of drug-likeness (QED) is 0.880. The Balaban J connectivity index is 1.85. The number of hydrogen-bond donors (Lipinski definition) is 1. The fraction of sp³-hybridized carbons (Fsp3) is 0.200. The molecule has 1 aliphatic heterocycles. The van der Waals surface area contributed by atoms with Crippen LogP contribution in [-0.4, -0.2) is 11.2 Å². The van der Waals surface area contributed by atoms with Gasteiger partial charge in [0.1, 0.15) is 23.8 Å². The molecule has 2 nitrogen and oxygen atoms in total. The van der Waals surface area contributed by atoms with Gasteiger partial charge >= 0.3 is 0 Å². The van der Waals surface area contributed by atoms with Crippen LogP contribution in [0.1, 0.15) is 17.2 Å². The molecule has 3 rings (SSSR count). The minimum absolute atomic E-state index is 0.287. The number of rotatable bonds is 2. The van der Waals surface area contributed by atoms with Gasteiger partial charge in [0.25, 0.3) is 0 Å². The molecule has 2 aromatic carbocycles. The molecule has 0 fully saturated rings. The number of fused-ring (bicyclic) bond motifs is 1. The van der Waals surface area contributed by atoms with Gasteiger partial charge in [-0.15, -0.1) is 0 Å². The first-order valence-electron chi connectivity index (χ1n) is 5.93. The third-order valence-corrected chi connectivity index (χ3v) is 3.25. The van der Waals surface area contributed by atoms with Gasteiger partial charge in [0.2, 0.25) is 0 Å². The van der Waals surface area contributed by atoms with E-state index in [1.165, 1.54) is 6.07 Å². The molecule has 2 atom stereocenters. The third-order valence-electron chi connectivity index (χ3n) is 3.25. The van der Waals surface area contributed by atoms with Crippen LogP contribution in [0.25, 0.3) is 0 Å². The highest BCUT2D eigenvalue weighted by Gasteiger charge is 2.31. The van der Waals surface area contributed by atoms with Crippen molar-refractivity contribution in [3.05, 3.63) is 65.5 Å². The van der Waals surface area contributed by atoms with E-state index < -0.39 is 18.0 Å². The van der Waals surface area contributed by atoms with Crippen molar-refractivity contribution < 1.29 is 14.2 Å². The smallest absolute Gasteiger partial charge is 0.133 e. The highest BCUT2D eigenvalue weighted by atomic mass is 19.1. The summed E-state index contributed by atoms with van der Waals surface area (Å²) in [6.07, 6.45) is -0.760.